The molecule has 1 amide bonds. The maximum absolute atomic E-state index is 12.6. The molecule has 0 spiro atoms. The number of oxazole rings is 1. The van der Waals surface area contributed by atoms with E-state index < -0.39 is 0 Å². The maximum Gasteiger partial charge on any atom is 0.251 e. The number of nitrogens with one attached hydrogen (secondary N) is 1. The number of methoxy groups -OCH3 is 1. The minimum absolute atomic E-state index is 0.145. The minimum atomic E-state index is -0.145. The van der Waals surface area contributed by atoms with Gasteiger partial charge in [-0.05, 0) is 55.8 Å². The predicted octanol–water partition coefficient (Wildman–Crippen LogP) is 3.08. The van der Waals surface area contributed by atoms with E-state index in [1.54, 1.807) is 25.3 Å². The van der Waals surface area contributed by atoms with Crippen LogP contribution in [0.15, 0.2) is 46.9 Å². The van der Waals surface area contributed by atoms with Gasteiger partial charge in [-0.3, -0.25) is 9.69 Å². The fourth-order valence-corrected chi connectivity index (χ4v) is 3.92. The van der Waals surface area contributed by atoms with Gasteiger partial charge in [0, 0.05) is 30.3 Å². The average Bonchev–Trinajstić information content (AvgIpc) is 3.23. The molecule has 2 heterocycles. The molecule has 0 aliphatic carbocycles. The fourth-order valence-electron chi connectivity index (χ4n) is 3.92. The lowest BCUT2D eigenvalue weighted by Crippen LogP contribution is -2.45. The maximum atomic E-state index is 12.6. The second-order valence-corrected chi connectivity index (χ2v) is 7.56. The van der Waals surface area contributed by atoms with Crippen LogP contribution < -0.4 is 10.1 Å². The number of rotatable bonds is 7. The van der Waals surface area contributed by atoms with E-state index in [-0.39, 0.29) is 18.6 Å². The largest absolute Gasteiger partial charge is 0.497 e. The Morgan fingerprint density at radius 1 is 1.30 bits per heavy atom. The molecule has 2 N–H and O–H groups in total. The Kier molecular flexibility index (Phi) is 6.30. The van der Waals surface area contributed by atoms with Gasteiger partial charge in [0.05, 0.1) is 13.7 Å². The van der Waals surface area contributed by atoms with E-state index in [0.717, 1.165) is 43.7 Å². The van der Waals surface area contributed by atoms with Crippen molar-refractivity contribution in [3.63, 3.8) is 0 Å². The molecule has 0 bridgehead atoms. The van der Waals surface area contributed by atoms with Crippen LogP contribution in [0.5, 0.6) is 5.75 Å². The van der Waals surface area contributed by atoms with E-state index in [4.69, 9.17) is 9.15 Å². The van der Waals surface area contributed by atoms with Crippen molar-refractivity contribution in [2.75, 3.05) is 33.4 Å². The first-order valence-corrected chi connectivity index (χ1v) is 10.4. The molecule has 2 aromatic carbocycles. The molecule has 1 aliphatic heterocycles. The zero-order valence-corrected chi connectivity index (χ0v) is 17.1. The van der Waals surface area contributed by atoms with Crippen LogP contribution in [0.2, 0.25) is 0 Å². The second kappa shape index (κ2) is 9.28. The number of carbonyl (C=O) groups is 1. The average molecular weight is 409 g/mol. The van der Waals surface area contributed by atoms with Gasteiger partial charge >= 0.3 is 0 Å². The number of piperidine rings is 1. The smallest absolute Gasteiger partial charge is 0.251 e. The van der Waals surface area contributed by atoms with E-state index in [1.165, 1.54) is 0 Å². The van der Waals surface area contributed by atoms with E-state index in [9.17, 15) is 9.90 Å². The highest BCUT2D eigenvalue weighted by Crippen LogP contribution is 2.27. The van der Waals surface area contributed by atoms with Gasteiger partial charge < -0.3 is 19.6 Å². The lowest BCUT2D eigenvalue weighted by molar-refractivity contribution is 0.0849. The van der Waals surface area contributed by atoms with Crippen molar-refractivity contribution in [1.29, 1.82) is 0 Å². The standard InChI is InChI=1S/C23H27N3O4/c1-29-19-7-4-5-17(13-19)23-25-20-9-8-16(14-21(20)30-23)22(28)24-10-12-26-11-3-2-6-18(26)15-27/h4-5,7-9,13-14,18,27H,2-3,6,10-12,15H2,1H3,(H,24,28). The number of aliphatic hydroxyl groups is 1. The molecule has 7 heteroatoms. The molecule has 1 unspecified atom stereocenters. The van der Waals surface area contributed by atoms with Gasteiger partial charge in [0.15, 0.2) is 5.58 Å². The lowest BCUT2D eigenvalue weighted by Gasteiger charge is -2.34. The molecule has 0 radical (unpaired) electrons. The molecule has 1 aromatic heterocycles. The van der Waals surface area contributed by atoms with Crippen LogP contribution in [-0.2, 0) is 0 Å². The first kappa shape index (κ1) is 20.4. The highest BCUT2D eigenvalue weighted by atomic mass is 16.5. The molecule has 3 aromatic rings. The molecule has 7 nitrogen and oxygen atoms in total. The summed E-state index contributed by atoms with van der Waals surface area (Å²) >= 11 is 0. The third-order valence-corrected chi connectivity index (χ3v) is 5.61. The number of fused-ring (bicyclic) bond motifs is 1. The van der Waals surface area contributed by atoms with Gasteiger partial charge in [-0.15, -0.1) is 0 Å². The minimum Gasteiger partial charge on any atom is -0.497 e. The lowest BCUT2D eigenvalue weighted by atomic mass is 10.0. The Bertz CT molecular complexity index is 1020. The van der Waals surface area contributed by atoms with Gasteiger partial charge in [0.1, 0.15) is 11.3 Å². The molecule has 1 aliphatic rings. The van der Waals surface area contributed by atoms with Gasteiger partial charge in [0.25, 0.3) is 5.91 Å². The summed E-state index contributed by atoms with van der Waals surface area (Å²) < 4.78 is 11.1. The molecule has 158 valence electrons. The summed E-state index contributed by atoms with van der Waals surface area (Å²) in [4.78, 5) is 19.4. The normalized spacial score (nSPS) is 17.2. The van der Waals surface area contributed by atoms with Crippen molar-refractivity contribution in [3.8, 4) is 17.2 Å². The number of hydrogen-bond acceptors (Lipinski definition) is 6. The number of amides is 1. The van der Waals surface area contributed by atoms with Gasteiger partial charge in [-0.1, -0.05) is 12.5 Å². The Balaban J connectivity index is 1.42. The first-order chi connectivity index (χ1) is 14.7. The summed E-state index contributed by atoms with van der Waals surface area (Å²) in [6.07, 6.45) is 3.31. The zero-order chi connectivity index (χ0) is 20.9. The van der Waals surface area contributed by atoms with Gasteiger partial charge in [-0.25, -0.2) is 4.98 Å². The number of hydrogen-bond donors (Lipinski definition) is 2. The molecular formula is C23H27N3O4. The van der Waals surface area contributed by atoms with Crippen LogP contribution in [0.3, 0.4) is 0 Å². The van der Waals surface area contributed by atoms with Gasteiger partial charge in [-0.2, -0.15) is 0 Å². The van der Waals surface area contributed by atoms with Crippen molar-refractivity contribution >= 4 is 17.0 Å². The SMILES string of the molecule is COc1cccc(-c2nc3ccc(C(=O)NCCN4CCCCC4CO)cc3o2)c1. The number of nitrogens with zero attached hydrogens (tertiary/aromatic N) is 2. The quantitative estimate of drug-likeness (QED) is 0.624. The Morgan fingerprint density at radius 3 is 3.03 bits per heavy atom. The predicted molar refractivity (Wildman–Crippen MR) is 115 cm³/mol. The molecule has 1 saturated heterocycles. The first-order valence-electron chi connectivity index (χ1n) is 10.4. The summed E-state index contributed by atoms with van der Waals surface area (Å²) in [6, 6.07) is 13.0. The monoisotopic (exact) mass is 409 g/mol. The van der Waals surface area contributed by atoms with Crippen LogP contribution in [0.25, 0.3) is 22.6 Å². The third-order valence-electron chi connectivity index (χ3n) is 5.61. The fraction of sp³-hybridized carbons (Fsp3) is 0.391. The Morgan fingerprint density at radius 2 is 2.20 bits per heavy atom. The molecular weight excluding hydrogens is 382 g/mol. The number of aliphatic hydroxyl groups excluding tert-OH is 1. The number of likely N-dealkylation sites (tertiary alicyclic amines) is 1. The van der Waals surface area contributed by atoms with E-state index in [2.05, 4.69) is 15.2 Å². The Hall–Kier alpha value is -2.90. The highest BCUT2D eigenvalue weighted by Gasteiger charge is 2.21. The number of ether oxygens (including phenoxy) is 1. The summed E-state index contributed by atoms with van der Waals surface area (Å²) in [7, 11) is 1.62. The van der Waals surface area contributed by atoms with Crippen LogP contribution in [0.4, 0.5) is 0 Å². The molecule has 30 heavy (non-hydrogen) atoms. The van der Waals surface area contributed by atoms with E-state index in [0.29, 0.717) is 29.1 Å². The van der Waals surface area contributed by atoms with Crippen LogP contribution in [0, 0.1) is 0 Å². The molecule has 1 fully saturated rings. The second-order valence-electron chi connectivity index (χ2n) is 7.56. The summed E-state index contributed by atoms with van der Waals surface area (Å²) in [5.41, 5.74) is 2.62. The van der Waals surface area contributed by atoms with E-state index in [1.807, 2.05) is 24.3 Å². The van der Waals surface area contributed by atoms with Gasteiger partial charge in [0.2, 0.25) is 5.89 Å². The topological polar surface area (TPSA) is 87.8 Å². The summed E-state index contributed by atoms with van der Waals surface area (Å²) in [5.74, 6) is 1.07. The van der Waals surface area contributed by atoms with Crippen molar-refractivity contribution in [1.82, 2.24) is 15.2 Å². The molecule has 1 atom stereocenters. The van der Waals surface area contributed by atoms with Crippen molar-refractivity contribution in [2.24, 2.45) is 0 Å². The highest BCUT2D eigenvalue weighted by molar-refractivity contribution is 5.97. The number of aromatic nitrogens is 1. The van der Waals surface area contributed by atoms with E-state index >= 15 is 0 Å². The summed E-state index contributed by atoms with van der Waals surface area (Å²) in [6.45, 7) is 2.42. The Labute approximate surface area is 175 Å². The van der Waals surface area contributed by atoms with Crippen molar-refractivity contribution in [3.05, 3.63) is 48.0 Å². The third kappa shape index (κ3) is 4.47. The number of carbonyl (C=O) groups excluding carboxylic acids is 1. The zero-order valence-electron chi connectivity index (χ0n) is 17.1. The van der Waals surface area contributed by atoms with Crippen LogP contribution in [0.1, 0.15) is 29.6 Å². The van der Waals surface area contributed by atoms with Crippen LogP contribution >= 0.6 is 0 Å². The summed E-state index contributed by atoms with van der Waals surface area (Å²) in [5, 5.41) is 12.5. The van der Waals surface area contributed by atoms with Crippen LogP contribution in [-0.4, -0.2) is 60.3 Å². The molecule has 0 saturated carbocycles. The molecule has 4 rings (SSSR count). The number of benzene rings is 2. The van der Waals surface area contributed by atoms with Crippen molar-refractivity contribution < 1.29 is 19.1 Å². The van der Waals surface area contributed by atoms with Crippen molar-refractivity contribution in [2.45, 2.75) is 25.3 Å².